The highest BCUT2D eigenvalue weighted by Crippen LogP contribution is 2.17. The zero-order valence-corrected chi connectivity index (χ0v) is 13.0. The van der Waals surface area contributed by atoms with Crippen LogP contribution in [0.4, 0.5) is 11.4 Å². The van der Waals surface area contributed by atoms with E-state index in [9.17, 15) is 14.9 Å². The number of nitrogens with zero attached hydrogens (tertiary/aromatic N) is 3. The van der Waals surface area contributed by atoms with E-state index < -0.39 is 4.92 Å². The van der Waals surface area contributed by atoms with Crippen molar-refractivity contribution in [2.24, 2.45) is 0 Å². The topological polar surface area (TPSA) is 90.1 Å². The van der Waals surface area contributed by atoms with Crippen LogP contribution in [0.3, 0.4) is 0 Å². The number of nitro benzene ring substituents is 1. The summed E-state index contributed by atoms with van der Waals surface area (Å²) >= 11 is 5.83. The molecular weight excluding hydrogens is 332 g/mol. The Morgan fingerprint density at radius 3 is 2.33 bits per heavy atom. The third kappa shape index (κ3) is 3.41. The Morgan fingerprint density at radius 1 is 1.12 bits per heavy atom. The van der Waals surface area contributed by atoms with Crippen LogP contribution in [-0.2, 0) is 0 Å². The molecule has 120 valence electrons. The van der Waals surface area contributed by atoms with Gasteiger partial charge in [0, 0.05) is 29.6 Å². The summed E-state index contributed by atoms with van der Waals surface area (Å²) in [6, 6.07) is 12.4. The van der Waals surface area contributed by atoms with Gasteiger partial charge in [-0.05, 0) is 36.4 Å². The standard InChI is InChI=1S/C16H11ClN4O3/c17-12-9-18-20(10-12)14-7-3-13(4-8-14)19-16(22)11-1-5-15(6-2-11)21(23)24/h1-10H,(H,19,22). The zero-order valence-electron chi connectivity index (χ0n) is 12.2. The number of amides is 1. The predicted octanol–water partition coefficient (Wildman–Crippen LogP) is 3.69. The van der Waals surface area contributed by atoms with E-state index >= 15 is 0 Å². The van der Waals surface area contributed by atoms with Crippen molar-refractivity contribution >= 4 is 28.9 Å². The minimum atomic E-state index is -0.512. The number of rotatable bonds is 4. The second kappa shape index (κ2) is 6.51. The highest BCUT2D eigenvalue weighted by atomic mass is 35.5. The van der Waals surface area contributed by atoms with E-state index in [-0.39, 0.29) is 11.6 Å². The normalized spacial score (nSPS) is 10.4. The summed E-state index contributed by atoms with van der Waals surface area (Å²) < 4.78 is 1.62. The maximum atomic E-state index is 12.1. The van der Waals surface area contributed by atoms with E-state index in [1.165, 1.54) is 30.5 Å². The lowest BCUT2D eigenvalue weighted by atomic mass is 10.2. The highest BCUT2D eigenvalue weighted by Gasteiger charge is 2.10. The minimum Gasteiger partial charge on any atom is -0.322 e. The van der Waals surface area contributed by atoms with E-state index in [0.717, 1.165) is 5.69 Å². The smallest absolute Gasteiger partial charge is 0.269 e. The largest absolute Gasteiger partial charge is 0.322 e. The number of anilines is 1. The van der Waals surface area contributed by atoms with Crippen LogP contribution in [0.2, 0.25) is 5.02 Å². The summed E-state index contributed by atoms with van der Waals surface area (Å²) in [4.78, 5) is 22.2. The molecule has 1 N–H and O–H groups in total. The number of aromatic nitrogens is 2. The molecule has 0 radical (unpaired) electrons. The number of halogens is 1. The molecule has 0 unspecified atom stereocenters. The van der Waals surface area contributed by atoms with E-state index in [2.05, 4.69) is 10.4 Å². The molecule has 24 heavy (non-hydrogen) atoms. The molecule has 0 atom stereocenters. The van der Waals surface area contributed by atoms with Gasteiger partial charge in [-0.2, -0.15) is 5.10 Å². The minimum absolute atomic E-state index is 0.0613. The molecule has 7 nitrogen and oxygen atoms in total. The molecule has 0 spiro atoms. The van der Waals surface area contributed by atoms with E-state index in [4.69, 9.17) is 11.6 Å². The Balaban J connectivity index is 1.71. The average Bonchev–Trinajstić information content (AvgIpc) is 3.02. The van der Waals surface area contributed by atoms with Gasteiger partial charge in [0.2, 0.25) is 0 Å². The van der Waals surface area contributed by atoms with Gasteiger partial charge in [0.1, 0.15) is 0 Å². The maximum Gasteiger partial charge on any atom is 0.269 e. The lowest BCUT2D eigenvalue weighted by Crippen LogP contribution is -2.11. The number of hydrogen-bond donors (Lipinski definition) is 1. The molecule has 0 aliphatic carbocycles. The Hall–Kier alpha value is -3.19. The van der Waals surface area contributed by atoms with E-state index in [1.807, 2.05) is 0 Å². The SMILES string of the molecule is O=C(Nc1ccc(-n2cc(Cl)cn2)cc1)c1ccc([N+](=O)[O-])cc1. The molecule has 0 fully saturated rings. The Bertz CT molecular complexity index is 888. The number of carbonyl (C=O) groups is 1. The van der Waals surface area contributed by atoms with Gasteiger partial charge in [-0.1, -0.05) is 11.6 Å². The Labute approximate surface area is 141 Å². The van der Waals surface area contributed by atoms with Crippen LogP contribution in [0.1, 0.15) is 10.4 Å². The molecule has 0 bridgehead atoms. The van der Waals surface area contributed by atoms with Crippen molar-refractivity contribution in [2.75, 3.05) is 5.32 Å². The quantitative estimate of drug-likeness (QED) is 0.578. The Morgan fingerprint density at radius 2 is 1.79 bits per heavy atom. The zero-order chi connectivity index (χ0) is 17.1. The highest BCUT2D eigenvalue weighted by molar-refractivity contribution is 6.30. The van der Waals surface area contributed by atoms with Crippen LogP contribution in [-0.4, -0.2) is 20.6 Å². The molecule has 0 saturated carbocycles. The fraction of sp³-hybridized carbons (Fsp3) is 0. The fourth-order valence-electron chi connectivity index (χ4n) is 2.08. The van der Waals surface area contributed by atoms with Crippen molar-refractivity contribution in [3.8, 4) is 5.69 Å². The first-order chi connectivity index (χ1) is 11.5. The lowest BCUT2D eigenvalue weighted by Gasteiger charge is -2.07. The van der Waals surface area contributed by atoms with Crippen LogP contribution < -0.4 is 5.32 Å². The van der Waals surface area contributed by atoms with Crippen molar-refractivity contribution in [1.29, 1.82) is 0 Å². The molecule has 1 heterocycles. The molecule has 3 rings (SSSR count). The van der Waals surface area contributed by atoms with Crippen LogP contribution in [0.15, 0.2) is 60.9 Å². The first-order valence-electron chi connectivity index (χ1n) is 6.89. The molecule has 8 heteroatoms. The number of hydrogen-bond acceptors (Lipinski definition) is 4. The first kappa shape index (κ1) is 15.7. The molecule has 0 aliphatic rings. The van der Waals surface area contributed by atoms with Crippen LogP contribution in [0.25, 0.3) is 5.69 Å². The second-order valence-corrected chi connectivity index (χ2v) is 5.34. The average molecular weight is 343 g/mol. The second-order valence-electron chi connectivity index (χ2n) is 4.91. The summed E-state index contributed by atoms with van der Waals surface area (Å²) in [5.74, 6) is -0.347. The molecule has 2 aromatic carbocycles. The lowest BCUT2D eigenvalue weighted by molar-refractivity contribution is -0.384. The third-order valence-electron chi connectivity index (χ3n) is 3.28. The molecule has 1 amide bonds. The van der Waals surface area contributed by atoms with Crippen molar-refractivity contribution in [2.45, 2.75) is 0 Å². The van der Waals surface area contributed by atoms with Crippen molar-refractivity contribution in [3.05, 3.63) is 81.6 Å². The van der Waals surface area contributed by atoms with Gasteiger partial charge < -0.3 is 5.32 Å². The summed E-state index contributed by atoms with van der Waals surface area (Å²) in [7, 11) is 0. The predicted molar refractivity (Wildman–Crippen MR) is 89.6 cm³/mol. The summed E-state index contributed by atoms with van der Waals surface area (Å²) in [5, 5.41) is 18.0. The summed E-state index contributed by atoms with van der Waals surface area (Å²) in [6.07, 6.45) is 3.21. The number of benzene rings is 2. The molecule has 0 aliphatic heterocycles. The van der Waals surface area contributed by atoms with Gasteiger partial charge in [-0.25, -0.2) is 4.68 Å². The number of carbonyl (C=O) groups excluding carboxylic acids is 1. The fourth-order valence-corrected chi connectivity index (χ4v) is 2.21. The van der Waals surface area contributed by atoms with Crippen LogP contribution in [0.5, 0.6) is 0 Å². The van der Waals surface area contributed by atoms with Crippen molar-refractivity contribution in [3.63, 3.8) is 0 Å². The van der Waals surface area contributed by atoms with E-state index in [1.54, 1.807) is 35.1 Å². The van der Waals surface area contributed by atoms with Crippen molar-refractivity contribution < 1.29 is 9.72 Å². The summed E-state index contributed by atoms with van der Waals surface area (Å²) in [5.41, 5.74) is 1.67. The van der Waals surface area contributed by atoms with Crippen LogP contribution in [0, 0.1) is 10.1 Å². The molecule has 1 aromatic heterocycles. The number of nitrogens with one attached hydrogen (secondary N) is 1. The maximum absolute atomic E-state index is 12.1. The van der Waals surface area contributed by atoms with Crippen LogP contribution >= 0.6 is 11.6 Å². The third-order valence-corrected chi connectivity index (χ3v) is 3.48. The van der Waals surface area contributed by atoms with Gasteiger partial charge in [0.05, 0.1) is 21.8 Å². The van der Waals surface area contributed by atoms with Gasteiger partial charge in [-0.15, -0.1) is 0 Å². The molecule has 3 aromatic rings. The van der Waals surface area contributed by atoms with Crippen molar-refractivity contribution in [1.82, 2.24) is 9.78 Å². The first-order valence-corrected chi connectivity index (χ1v) is 7.27. The van der Waals surface area contributed by atoms with Gasteiger partial charge >= 0.3 is 0 Å². The monoisotopic (exact) mass is 342 g/mol. The Kier molecular flexibility index (Phi) is 4.26. The number of non-ortho nitro benzene ring substituents is 1. The molecular formula is C16H11ClN4O3. The number of nitro groups is 1. The van der Waals surface area contributed by atoms with E-state index in [0.29, 0.717) is 16.3 Å². The van der Waals surface area contributed by atoms with Gasteiger partial charge in [0.25, 0.3) is 11.6 Å². The summed E-state index contributed by atoms with van der Waals surface area (Å²) in [6.45, 7) is 0. The van der Waals surface area contributed by atoms with Gasteiger partial charge in [-0.3, -0.25) is 14.9 Å². The van der Waals surface area contributed by atoms with Gasteiger partial charge in [0.15, 0.2) is 0 Å². The molecule has 0 saturated heterocycles.